The van der Waals surface area contributed by atoms with E-state index in [4.69, 9.17) is 14.2 Å². The van der Waals surface area contributed by atoms with Crippen molar-refractivity contribution in [2.75, 3.05) is 25.2 Å². The molecule has 4 rings (SSSR count). The topological polar surface area (TPSA) is 115 Å². The Labute approximate surface area is 230 Å². The van der Waals surface area contributed by atoms with Crippen LogP contribution < -0.4 is 14.4 Å². The van der Waals surface area contributed by atoms with Gasteiger partial charge in [-0.05, 0) is 68.7 Å². The minimum absolute atomic E-state index is 0.0824. The van der Waals surface area contributed by atoms with Gasteiger partial charge in [-0.15, -0.1) is 0 Å². The van der Waals surface area contributed by atoms with Crippen LogP contribution in [0.3, 0.4) is 0 Å². The largest absolute Gasteiger partial charge is 0.507 e. The van der Waals surface area contributed by atoms with Gasteiger partial charge in [0.15, 0.2) is 5.13 Å². The molecular formula is C29H30N2O7S. The van der Waals surface area contributed by atoms with Crippen LogP contribution in [0.5, 0.6) is 11.5 Å². The monoisotopic (exact) mass is 550 g/mol. The van der Waals surface area contributed by atoms with Crippen LogP contribution in [0, 0.1) is 13.8 Å². The summed E-state index contributed by atoms with van der Waals surface area (Å²) in [6.07, 6.45) is 0.847. The first-order chi connectivity index (χ1) is 18.7. The molecule has 0 saturated carbocycles. The van der Waals surface area contributed by atoms with Crippen LogP contribution >= 0.6 is 11.3 Å². The number of benzene rings is 2. The van der Waals surface area contributed by atoms with E-state index in [1.165, 1.54) is 12.0 Å². The molecule has 1 aliphatic heterocycles. The first-order valence-corrected chi connectivity index (χ1v) is 13.4. The summed E-state index contributed by atoms with van der Waals surface area (Å²) in [4.78, 5) is 45.3. The predicted octanol–water partition coefficient (Wildman–Crippen LogP) is 5.36. The Hall–Kier alpha value is -4.18. The first kappa shape index (κ1) is 27.8. The van der Waals surface area contributed by atoms with E-state index in [-0.39, 0.29) is 27.9 Å². The molecule has 1 saturated heterocycles. The lowest BCUT2D eigenvalue weighted by atomic mass is 9.94. The number of rotatable bonds is 9. The fourth-order valence-electron chi connectivity index (χ4n) is 4.36. The molecule has 39 heavy (non-hydrogen) atoms. The summed E-state index contributed by atoms with van der Waals surface area (Å²) in [5, 5.41) is 11.6. The summed E-state index contributed by atoms with van der Waals surface area (Å²) in [5.41, 5.74) is 1.93. The lowest BCUT2D eigenvalue weighted by Crippen LogP contribution is -2.29. The molecule has 204 valence electrons. The number of ketones is 1. The summed E-state index contributed by atoms with van der Waals surface area (Å²) in [6, 6.07) is 11.0. The molecule has 0 radical (unpaired) electrons. The number of Topliss-reactive ketones (excluding diaryl/α,β-unsaturated/α-hetero) is 1. The Bertz CT molecular complexity index is 1440. The highest BCUT2D eigenvalue weighted by atomic mass is 32.1. The second kappa shape index (κ2) is 11.7. The molecule has 9 nitrogen and oxygen atoms in total. The van der Waals surface area contributed by atoms with Gasteiger partial charge in [0, 0.05) is 5.56 Å². The molecule has 0 unspecified atom stereocenters. The molecule has 2 aromatic carbocycles. The van der Waals surface area contributed by atoms with Crippen LogP contribution in [-0.4, -0.2) is 48.1 Å². The zero-order chi connectivity index (χ0) is 28.3. The Morgan fingerprint density at radius 1 is 1.08 bits per heavy atom. The molecule has 1 amide bonds. The Balaban J connectivity index is 1.88. The summed E-state index contributed by atoms with van der Waals surface area (Å²) >= 11 is 0.961. The van der Waals surface area contributed by atoms with Gasteiger partial charge < -0.3 is 19.3 Å². The molecule has 0 spiro atoms. The number of hydrogen-bond donors (Lipinski definition) is 1. The number of hydrogen-bond acceptors (Lipinski definition) is 9. The first-order valence-electron chi connectivity index (χ1n) is 12.5. The van der Waals surface area contributed by atoms with E-state index < -0.39 is 23.7 Å². The van der Waals surface area contributed by atoms with Gasteiger partial charge in [0.25, 0.3) is 5.78 Å². The number of aliphatic hydroxyl groups is 1. The van der Waals surface area contributed by atoms with Gasteiger partial charge in [-0.25, -0.2) is 9.78 Å². The maximum absolute atomic E-state index is 13.5. The number of carbonyl (C=O) groups is 3. The molecule has 1 fully saturated rings. The highest BCUT2D eigenvalue weighted by Gasteiger charge is 2.48. The van der Waals surface area contributed by atoms with E-state index in [1.807, 2.05) is 6.92 Å². The van der Waals surface area contributed by atoms with E-state index in [9.17, 15) is 19.5 Å². The van der Waals surface area contributed by atoms with Crippen molar-refractivity contribution in [2.24, 2.45) is 0 Å². The highest BCUT2D eigenvalue weighted by Crippen LogP contribution is 2.44. The maximum Gasteiger partial charge on any atom is 0.350 e. The molecule has 0 bridgehead atoms. The second-order valence-electron chi connectivity index (χ2n) is 8.90. The number of aliphatic hydroxyl groups excluding tert-OH is 1. The van der Waals surface area contributed by atoms with Gasteiger partial charge in [-0.2, -0.15) is 0 Å². The average Bonchev–Trinajstić information content (AvgIpc) is 3.43. The van der Waals surface area contributed by atoms with E-state index >= 15 is 0 Å². The number of amides is 1. The Kier molecular flexibility index (Phi) is 8.35. The van der Waals surface area contributed by atoms with Crippen molar-refractivity contribution in [3.05, 3.63) is 75.3 Å². The van der Waals surface area contributed by atoms with Crippen LogP contribution in [0.1, 0.15) is 58.4 Å². The lowest BCUT2D eigenvalue weighted by Gasteiger charge is -2.23. The van der Waals surface area contributed by atoms with Crippen LogP contribution in [-0.2, 0) is 14.3 Å². The van der Waals surface area contributed by atoms with E-state index in [0.717, 1.165) is 17.8 Å². The van der Waals surface area contributed by atoms with Gasteiger partial charge >= 0.3 is 11.9 Å². The summed E-state index contributed by atoms with van der Waals surface area (Å²) in [6.45, 7) is 7.86. The molecule has 0 aliphatic carbocycles. The zero-order valence-electron chi connectivity index (χ0n) is 22.4. The number of ether oxygens (including phenoxy) is 3. The molecule has 1 aromatic heterocycles. The minimum Gasteiger partial charge on any atom is -0.507 e. The van der Waals surface area contributed by atoms with Crippen molar-refractivity contribution in [2.45, 2.75) is 40.2 Å². The maximum atomic E-state index is 13.5. The van der Waals surface area contributed by atoms with Crippen LogP contribution in [0.4, 0.5) is 5.13 Å². The third kappa shape index (κ3) is 5.37. The standard InChI is InChI=1S/C29H30N2O7S/c1-6-14-38-20-12-13-21(16(3)15-20)24(32)22-23(18-8-10-19(36-5)11-9-18)31(27(34)25(22)33)29-30-17(4)26(39-29)28(35)37-7-2/h8-13,15,23,32H,6-7,14H2,1-5H3/t23-/m1/s1. The van der Waals surface area contributed by atoms with Gasteiger partial charge in [0.1, 0.15) is 22.1 Å². The van der Waals surface area contributed by atoms with Gasteiger partial charge in [0.2, 0.25) is 0 Å². The number of methoxy groups -OCH3 is 1. The Morgan fingerprint density at radius 3 is 2.38 bits per heavy atom. The number of nitrogens with zero attached hydrogens (tertiary/aromatic N) is 2. The average molecular weight is 551 g/mol. The number of thiazole rings is 1. The molecule has 1 N–H and O–H groups in total. The third-order valence-electron chi connectivity index (χ3n) is 6.25. The van der Waals surface area contributed by atoms with E-state index in [1.54, 1.807) is 63.2 Å². The van der Waals surface area contributed by atoms with E-state index in [2.05, 4.69) is 4.98 Å². The third-order valence-corrected chi connectivity index (χ3v) is 7.39. The fraction of sp³-hybridized carbons (Fsp3) is 0.310. The fourth-order valence-corrected chi connectivity index (χ4v) is 5.35. The SMILES string of the molecule is CCCOc1ccc(C(O)=C2C(=O)C(=O)N(c3nc(C)c(C(=O)OCC)s3)[C@@H]2c2ccc(OC)cc2)c(C)c1. The molecule has 1 aliphatic rings. The lowest BCUT2D eigenvalue weighted by molar-refractivity contribution is -0.132. The van der Waals surface area contributed by atoms with Crippen molar-refractivity contribution >= 4 is 39.9 Å². The molecule has 10 heteroatoms. The smallest absolute Gasteiger partial charge is 0.350 e. The van der Waals surface area contributed by atoms with Crippen molar-refractivity contribution in [1.29, 1.82) is 0 Å². The van der Waals surface area contributed by atoms with Crippen LogP contribution in [0.2, 0.25) is 0 Å². The zero-order valence-corrected chi connectivity index (χ0v) is 23.3. The van der Waals surface area contributed by atoms with Crippen molar-refractivity contribution < 1.29 is 33.7 Å². The van der Waals surface area contributed by atoms with Crippen LogP contribution in [0.15, 0.2) is 48.0 Å². The molecule has 2 heterocycles. The van der Waals surface area contributed by atoms with Gasteiger partial charge in [0.05, 0.1) is 37.6 Å². The quantitative estimate of drug-likeness (QED) is 0.164. The van der Waals surface area contributed by atoms with Gasteiger partial charge in [-0.3, -0.25) is 14.5 Å². The molecular weight excluding hydrogens is 520 g/mol. The minimum atomic E-state index is -0.994. The summed E-state index contributed by atoms with van der Waals surface area (Å²) in [5.74, 6) is -1.36. The summed E-state index contributed by atoms with van der Waals surface area (Å²) in [7, 11) is 1.53. The normalized spacial score (nSPS) is 16.4. The van der Waals surface area contributed by atoms with Crippen molar-refractivity contribution in [3.63, 3.8) is 0 Å². The molecule has 1 atom stereocenters. The number of esters is 1. The van der Waals surface area contributed by atoms with Crippen LogP contribution in [0.25, 0.3) is 5.76 Å². The number of aryl methyl sites for hydroxylation is 2. The predicted molar refractivity (Wildman–Crippen MR) is 148 cm³/mol. The Morgan fingerprint density at radius 2 is 1.77 bits per heavy atom. The van der Waals surface area contributed by atoms with E-state index in [0.29, 0.717) is 40.5 Å². The summed E-state index contributed by atoms with van der Waals surface area (Å²) < 4.78 is 16.1. The number of anilines is 1. The van der Waals surface area contributed by atoms with Gasteiger partial charge in [-0.1, -0.05) is 30.4 Å². The molecule has 3 aromatic rings. The second-order valence-corrected chi connectivity index (χ2v) is 9.88. The van der Waals surface area contributed by atoms with Crippen molar-refractivity contribution in [1.82, 2.24) is 4.98 Å². The number of aromatic nitrogens is 1. The number of carbonyl (C=O) groups excluding carboxylic acids is 3. The highest BCUT2D eigenvalue weighted by molar-refractivity contribution is 7.17. The van der Waals surface area contributed by atoms with Crippen molar-refractivity contribution in [3.8, 4) is 11.5 Å².